The lowest BCUT2D eigenvalue weighted by Crippen LogP contribution is -2.31. The Morgan fingerprint density at radius 3 is 2.22 bits per heavy atom. The fourth-order valence-corrected chi connectivity index (χ4v) is 8.48. The van der Waals surface area contributed by atoms with E-state index in [1.807, 2.05) is 12.3 Å². The highest BCUT2D eigenvalue weighted by atomic mass is 16.5. The number of hydrogen-bond donors (Lipinski definition) is 0. The lowest BCUT2D eigenvalue weighted by molar-refractivity contribution is 0.232. The first kappa shape index (κ1) is 33.8. The van der Waals surface area contributed by atoms with E-state index in [9.17, 15) is 0 Å². The Balaban J connectivity index is 1.28. The molecule has 50 heavy (non-hydrogen) atoms. The molecular weight excluding hydrogens is 613 g/mol. The summed E-state index contributed by atoms with van der Waals surface area (Å²) in [4.78, 5) is 4.75. The molecule has 3 aromatic carbocycles. The van der Waals surface area contributed by atoms with Crippen molar-refractivity contribution in [3.8, 4) is 23.0 Å². The topological polar surface area (TPSA) is 44.9 Å². The van der Waals surface area contributed by atoms with Crippen LogP contribution in [0.25, 0.3) is 33.3 Å². The Bertz CT molecular complexity index is 2230. The zero-order chi connectivity index (χ0) is 35.4. The lowest BCUT2D eigenvalue weighted by Gasteiger charge is -2.41. The third-order valence-corrected chi connectivity index (χ3v) is 11.1. The van der Waals surface area contributed by atoms with E-state index in [4.69, 9.17) is 14.8 Å². The van der Waals surface area contributed by atoms with Gasteiger partial charge in [0.2, 0.25) is 0 Å². The van der Waals surface area contributed by atoms with Crippen LogP contribution in [0.5, 0.6) is 11.5 Å². The summed E-state index contributed by atoms with van der Waals surface area (Å²) in [6.07, 6.45) is 5.73. The molecule has 0 radical (unpaired) electrons. The number of hydrogen-bond acceptors (Lipinski definition) is 3. The number of para-hydroxylation sites is 1. The second kappa shape index (κ2) is 13.2. The van der Waals surface area contributed by atoms with Crippen LogP contribution in [0.1, 0.15) is 82.0 Å². The summed E-state index contributed by atoms with van der Waals surface area (Å²) in [7, 11) is 0. The van der Waals surface area contributed by atoms with Crippen molar-refractivity contribution in [1.82, 2.24) is 19.3 Å². The molecule has 5 nitrogen and oxygen atoms in total. The van der Waals surface area contributed by atoms with Gasteiger partial charge in [0.1, 0.15) is 17.3 Å². The average Bonchev–Trinajstić information content (AvgIpc) is 3.56. The molecule has 3 heterocycles. The van der Waals surface area contributed by atoms with Gasteiger partial charge in [-0.2, -0.15) is 5.10 Å². The summed E-state index contributed by atoms with van der Waals surface area (Å²) in [6, 6.07) is 25.5. The van der Waals surface area contributed by atoms with Crippen LogP contribution >= 0.6 is 0 Å². The first-order chi connectivity index (χ1) is 23.9. The van der Waals surface area contributed by atoms with Gasteiger partial charge in [-0.15, -0.1) is 0 Å². The molecule has 1 unspecified atom stereocenters. The summed E-state index contributed by atoms with van der Waals surface area (Å²) in [5.74, 6) is 5.78. The van der Waals surface area contributed by atoms with E-state index in [2.05, 4.69) is 151 Å². The third-order valence-electron chi connectivity index (χ3n) is 11.1. The zero-order valence-electron chi connectivity index (χ0n) is 31.5. The van der Waals surface area contributed by atoms with Crippen molar-refractivity contribution in [2.75, 3.05) is 0 Å². The molecule has 0 spiro atoms. The van der Waals surface area contributed by atoms with Gasteiger partial charge in [-0.25, -0.2) is 9.67 Å². The zero-order valence-corrected chi connectivity index (χ0v) is 31.5. The molecule has 1 aliphatic rings. The number of rotatable bonds is 8. The van der Waals surface area contributed by atoms with Crippen molar-refractivity contribution in [2.45, 2.75) is 81.6 Å². The Kier molecular flexibility index (Phi) is 8.96. The molecule has 3 atom stereocenters. The number of aryl methyl sites for hydroxylation is 3. The summed E-state index contributed by atoms with van der Waals surface area (Å²) in [5, 5.41) is 7.60. The normalized spacial score (nSPS) is 18.2. The minimum absolute atomic E-state index is 0.376. The van der Waals surface area contributed by atoms with E-state index in [-0.39, 0.29) is 0 Å². The highest BCUT2D eigenvalue weighted by molar-refractivity contribution is 6.09. The molecule has 0 saturated heterocycles. The van der Waals surface area contributed by atoms with E-state index in [1.165, 1.54) is 34.0 Å². The molecule has 0 aliphatic heterocycles. The van der Waals surface area contributed by atoms with Crippen molar-refractivity contribution < 1.29 is 4.74 Å². The molecule has 0 saturated carbocycles. The van der Waals surface area contributed by atoms with Crippen molar-refractivity contribution in [2.24, 2.45) is 29.6 Å². The maximum atomic E-state index is 6.68. The Hall–Kier alpha value is -4.64. The number of pyridine rings is 1. The van der Waals surface area contributed by atoms with Crippen LogP contribution in [-0.2, 0) is 0 Å². The van der Waals surface area contributed by atoms with Crippen molar-refractivity contribution in [1.29, 1.82) is 0 Å². The predicted octanol–water partition coefficient (Wildman–Crippen LogP) is 12.0. The summed E-state index contributed by atoms with van der Waals surface area (Å²) in [5.41, 5.74) is 10.9. The monoisotopic (exact) mass is 664 g/mol. The average molecular weight is 665 g/mol. The van der Waals surface area contributed by atoms with Gasteiger partial charge in [-0.05, 0) is 117 Å². The molecule has 1 aliphatic carbocycles. The van der Waals surface area contributed by atoms with Crippen LogP contribution < -0.4 is 4.74 Å². The molecule has 5 heteroatoms. The highest BCUT2D eigenvalue weighted by Gasteiger charge is 2.39. The molecule has 0 bridgehead atoms. The Labute approximate surface area is 298 Å². The van der Waals surface area contributed by atoms with Crippen LogP contribution in [0, 0.1) is 57.3 Å². The van der Waals surface area contributed by atoms with Crippen molar-refractivity contribution >= 4 is 21.8 Å². The van der Waals surface area contributed by atoms with Gasteiger partial charge in [0.15, 0.2) is 0 Å². The number of benzene rings is 3. The van der Waals surface area contributed by atoms with Gasteiger partial charge in [0, 0.05) is 46.3 Å². The first-order valence-electron chi connectivity index (χ1n) is 18.4. The van der Waals surface area contributed by atoms with Crippen molar-refractivity contribution in [3.63, 3.8) is 0 Å². The van der Waals surface area contributed by atoms with Gasteiger partial charge < -0.3 is 4.74 Å². The van der Waals surface area contributed by atoms with Gasteiger partial charge in [-0.3, -0.25) is 4.57 Å². The molecule has 0 fully saturated rings. The number of nitrogens with zero attached hydrogens (tertiary/aromatic N) is 4. The third kappa shape index (κ3) is 6.05. The minimum Gasteiger partial charge on any atom is -0.457 e. The van der Waals surface area contributed by atoms with E-state index in [1.54, 1.807) is 5.57 Å². The van der Waals surface area contributed by atoms with Crippen LogP contribution in [0.15, 0.2) is 90.6 Å². The molecule has 7 rings (SSSR count). The Morgan fingerprint density at radius 1 is 0.740 bits per heavy atom. The van der Waals surface area contributed by atoms with E-state index in [0.717, 1.165) is 45.3 Å². The van der Waals surface area contributed by atoms with Gasteiger partial charge in [0.05, 0.1) is 22.4 Å². The summed E-state index contributed by atoms with van der Waals surface area (Å²) >= 11 is 0. The summed E-state index contributed by atoms with van der Waals surface area (Å²) in [6.45, 7) is 23.0. The smallest absolute Gasteiger partial charge is 0.137 e. The number of ether oxygens (including phenoxy) is 1. The van der Waals surface area contributed by atoms with E-state index in [0.29, 0.717) is 35.5 Å². The second-order valence-corrected chi connectivity index (χ2v) is 15.7. The van der Waals surface area contributed by atoms with Crippen LogP contribution in [0.3, 0.4) is 0 Å². The molecule has 0 amide bonds. The number of aromatic nitrogens is 4. The standard InChI is InChI=1S/C45H52N4O/c1-26(2)33-22-39(27(3)4)45(40(23-33)28(5)6)44-31(9)47-49(32(44)10)34-19-30(8)20-36(24-34)50-35-15-16-38-37-13-11-12-14-41(37)48(42(38)25-35)43-21-29(7)17-18-46-43/h11-22,24-28,33,40,45H,23H2,1-10H3/t33-,40-,45?/m1/s1. The SMILES string of the molecule is Cc1cc(Oc2ccc3c4ccccc4n(-c4cc(C)ccn4)c3c2)cc(-n2nc(C)c(C3C(C(C)C)=C[C@@H](C(C)C)C[C@@H]3C(C)C)c2C)c1. The van der Waals surface area contributed by atoms with Crippen molar-refractivity contribution in [3.05, 3.63) is 119 Å². The fraction of sp³-hybridized carbons (Fsp3) is 0.378. The van der Waals surface area contributed by atoms with Crippen LogP contribution in [0.2, 0.25) is 0 Å². The molecule has 6 aromatic rings. The van der Waals surface area contributed by atoms with Gasteiger partial charge in [0.25, 0.3) is 0 Å². The fourth-order valence-electron chi connectivity index (χ4n) is 8.48. The Morgan fingerprint density at radius 2 is 1.50 bits per heavy atom. The molecule has 0 N–H and O–H groups in total. The molecular formula is C45H52N4O. The van der Waals surface area contributed by atoms with Gasteiger partial charge in [-0.1, -0.05) is 71.4 Å². The second-order valence-electron chi connectivity index (χ2n) is 15.7. The van der Waals surface area contributed by atoms with Gasteiger partial charge >= 0.3 is 0 Å². The molecule has 258 valence electrons. The predicted molar refractivity (Wildman–Crippen MR) is 208 cm³/mol. The van der Waals surface area contributed by atoms with Crippen LogP contribution in [-0.4, -0.2) is 19.3 Å². The maximum absolute atomic E-state index is 6.68. The maximum Gasteiger partial charge on any atom is 0.137 e. The molecule has 3 aromatic heterocycles. The quantitative estimate of drug-likeness (QED) is 0.152. The first-order valence-corrected chi connectivity index (χ1v) is 18.4. The number of allylic oxidation sites excluding steroid dienone is 2. The van der Waals surface area contributed by atoms with E-state index < -0.39 is 0 Å². The number of fused-ring (bicyclic) bond motifs is 3. The lowest BCUT2D eigenvalue weighted by atomic mass is 9.63. The van der Waals surface area contributed by atoms with E-state index >= 15 is 0 Å². The largest absolute Gasteiger partial charge is 0.457 e. The summed E-state index contributed by atoms with van der Waals surface area (Å²) < 4.78 is 11.1. The van der Waals surface area contributed by atoms with Crippen LogP contribution in [0.4, 0.5) is 0 Å². The minimum atomic E-state index is 0.376. The highest BCUT2D eigenvalue weighted by Crippen LogP contribution is 2.50.